The quantitative estimate of drug-likeness (QED) is 0.842. The fourth-order valence-electron chi connectivity index (χ4n) is 4.11. The number of piperidine rings is 1. The monoisotopic (exact) mass is 356 g/mol. The van der Waals surface area contributed by atoms with Crippen LogP contribution in [0.5, 0.6) is 11.5 Å². The van der Waals surface area contributed by atoms with E-state index in [0.717, 1.165) is 31.4 Å². The van der Waals surface area contributed by atoms with Crippen molar-refractivity contribution in [1.82, 2.24) is 9.88 Å². The first-order valence-corrected chi connectivity index (χ1v) is 8.88. The van der Waals surface area contributed by atoms with E-state index in [9.17, 15) is 9.18 Å². The van der Waals surface area contributed by atoms with Crippen LogP contribution in [-0.2, 0) is 0 Å². The number of carbonyl (C=O) groups is 1. The van der Waals surface area contributed by atoms with E-state index in [2.05, 4.69) is 4.98 Å². The Morgan fingerprint density at radius 1 is 1.23 bits per heavy atom. The number of carbonyl (C=O) groups excluding carboxylic acids is 1. The molecule has 136 valence electrons. The van der Waals surface area contributed by atoms with Crippen molar-refractivity contribution in [3.8, 4) is 11.5 Å². The van der Waals surface area contributed by atoms with Crippen LogP contribution in [-0.4, -0.2) is 41.1 Å². The van der Waals surface area contributed by atoms with Gasteiger partial charge in [-0.2, -0.15) is 0 Å². The Kier molecular flexibility index (Phi) is 4.49. The molecule has 1 amide bonds. The summed E-state index contributed by atoms with van der Waals surface area (Å²) in [6.45, 7) is 0. The molecule has 1 aromatic heterocycles. The average molecular weight is 356 g/mol. The van der Waals surface area contributed by atoms with Crippen LogP contribution in [0, 0.1) is 5.82 Å². The van der Waals surface area contributed by atoms with E-state index < -0.39 is 5.82 Å². The summed E-state index contributed by atoms with van der Waals surface area (Å²) in [6, 6.07) is 8.40. The lowest BCUT2D eigenvalue weighted by Gasteiger charge is -2.39. The molecule has 0 saturated carbocycles. The first kappa shape index (κ1) is 16.8. The number of hydrogen-bond acceptors (Lipinski definition) is 4. The van der Waals surface area contributed by atoms with Gasteiger partial charge in [-0.25, -0.2) is 4.39 Å². The summed E-state index contributed by atoms with van der Waals surface area (Å²) >= 11 is 0. The van der Waals surface area contributed by atoms with E-state index >= 15 is 0 Å². The second-order valence-corrected chi connectivity index (χ2v) is 6.85. The van der Waals surface area contributed by atoms with Gasteiger partial charge in [-0.05, 0) is 43.2 Å². The van der Waals surface area contributed by atoms with Crippen molar-refractivity contribution < 1.29 is 18.7 Å². The van der Waals surface area contributed by atoms with Crippen molar-refractivity contribution in [1.29, 1.82) is 0 Å². The topological polar surface area (TPSA) is 51.7 Å². The molecule has 1 aromatic carbocycles. The largest absolute Gasteiger partial charge is 0.494 e. The van der Waals surface area contributed by atoms with Crippen molar-refractivity contribution >= 4 is 5.91 Å². The molecule has 6 heteroatoms. The smallest absolute Gasteiger partial charge is 0.254 e. The molecule has 0 aliphatic carbocycles. The molecule has 2 aliphatic rings. The molecule has 2 aliphatic heterocycles. The SMILES string of the molecule is COc1ccc(C(=O)N2C3CCC2CC(Oc2cccnc2)C3)cc1F. The third kappa shape index (κ3) is 3.11. The minimum atomic E-state index is -0.513. The number of halogens is 1. The molecule has 2 bridgehead atoms. The fraction of sp³-hybridized carbons (Fsp3) is 0.400. The van der Waals surface area contributed by atoms with Crippen LogP contribution in [0.2, 0.25) is 0 Å². The summed E-state index contributed by atoms with van der Waals surface area (Å²) in [6.07, 6.45) is 6.99. The third-order valence-corrected chi connectivity index (χ3v) is 5.26. The molecule has 2 fully saturated rings. The lowest BCUT2D eigenvalue weighted by Crippen LogP contribution is -2.49. The number of amides is 1. The number of nitrogens with zero attached hydrogens (tertiary/aromatic N) is 2. The summed E-state index contributed by atoms with van der Waals surface area (Å²) in [5.74, 6) is 0.279. The van der Waals surface area contributed by atoms with Crippen LogP contribution in [0.15, 0.2) is 42.7 Å². The van der Waals surface area contributed by atoms with Gasteiger partial charge < -0.3 is 14.4 Å². The van der Waals surface area contributed by atoms with Crippen LogP contribution in [0.25, 0.3) is 0 Å². The molecule has 0 N–H and O–H groups in total. The molecule has 4 rings (SSSR count). The molecular weight excluding hydrogens is 335 g/mol. The second kappa shape index (κ2) is 6.94. The van der Waals surface area contributed by atoms with E-state index in [0.29, 0.717) is 5.56 Å². The predicted octanol–water partition coefficient (Wildman–Crippen LogP) is 3.44. The predicted molar refractivity (Wildman–Crippen MR) is 93.8 cm³/mol. The van der Waals surface area contributed by atoms with Crippen LogP contribution >= 0.6 is 0 Å². The molecule has 2 saturated heterocycles. The number of methoxy groups -OCH3 is 1. The summed E-state index contributed by atoms with van der Waals surface area (Å²) in [4.78, 5) is 18.9. The van der Waals surface area contributed by atoms with Crippen LogP contribution in [0.3, 0.4) is 0 Å². The van der Waals surface area contributed by atoms with E-state index in [1.54, 1.807) is 18.5 Å². The standard InChI is InChI=1S/C20H21FN2O3/c1-25-19-7-4-13(9-18(19)21)20(24)23-14-5-6-15(23)11-17(10-14)26-16-3-2-8-22-12-16/h2-4,7-9,12,14-15,17H,5-6,10-11H2,1H3. The summed E-state index contributed by atoms with van der Waals surface area (Å²) in [5, 5.41) is 0. The molecule has 0 spiro atoms. The maximum atomic E-state index is 14.0. The van der Waals surface area contributed by atoms with Gasteiger partial charge in [0.15, 0.2) is 11.6 Å². The van der Waals surface area contributed by atoms with Gasteiger partial charge in [-0.1, -0.05) is 0 Å². The van der Waals surface area contributed by atoms with Gasteiger partial charge >= 0.3 is 0 Å². The molecule has 2 atom stereocenters. The zero-order valence-corrected chi connectivity index (χ0v) is 14.6. The molecule has 3 heterocycles. The third-order valence-electron chi connectivity index (χ3n) is 5.26. The molecular formula is C20H21FN2O3. The number of benzene rings is 1. The highest BCUT2D eigenvalue weighted by atomic mass is 19.1. The van der Waals surface area contributed by atoms with Gasteiger partial charge in [-0.15, -0.1) is 0 Å². The van der Waals surface area contributed by atoms with Crippen molar-refractivity contribution in [3.63, 3.8) is 0 Å². The van der Waals surface area contributed by atoms with Crippen molar-refractivity contribution in [2.75, 3.05) is 7.11 Å². The zero-order chi connectivity index (χ0) is 18.1. The highest BCUT2D eigenvalue weighted by molar-refractivity contribution is 5.95. The summed E-state index contributed by atoms with van der Waals surface area (Å²) < 4.78 is 24.9. The molecule has 26 heavy (non-hydrogen) atoms. The Morgan fingerprint density at radius 2 is 2.00 bits per heavy atom. The minimum Gasteiger partial charge on any atom is -0.494 e. The highest BCUT2D eigenvalue weighted by Crippen LogP contribution is 2.38. The van der Waals surface area contributed by atoms with Crippen molar-refractivity contribution in [2.24, 2.45) is 0 Å². The lowest BCUT2D eigenvalue weighted by atomic mass is 9.98. The van der Waals surface area contributed by atoms with Crippen LogP contribution < -0.4 is 9.47 Å². The Bertz CT molecular complexity index is 785. The van der Waals surface area contributed by atoms with Crippen molar-refractivity contribution in [3.05, 3.63) is 54.1 Å². The molecule has 0 radical (unpaired) electrons. The summed E-state index contributed by atoms with van der Waals surface area (Å²) in [7, 11) is 1.41. The molecule has 2 aromatic rings. The van der Waals surface area contributed by atoms with Crippen LogP contribution in [0.1, 0.15) is 36.0 Å². The Hall–Kier alpha value is -2.63. The maximum absolute atomic E-state index is 14.0. The van der Waals surface area contributed by atoms with E-state index in [1.807, 2.05) is 17.0 Å². The lowest BCUT2D eigenvalue weighted by molar-refractivity contribution is 0.0357. The average Bonchev–Trinajstić information content (AvgIpc) is 2.92. The fourth-order valence-corrected chi connectivity index (χ4v) is 4.11. The number of fused-ring (bicyclic) bond motifs is 2. The van der Waals surface area contributed by atoms with Gasteiger partial charge in [0.05, 0.1) is 13.3 Å². The number of ether oxygens (including phenoxy) is 2. The first-order valence-electron chi connectivity index (χ1n) is 8.88. The number of hydrogen-bond donors (Lipinski definition) is 0. The van der Waals surface area contributed by atoms with Gasteiger partial charge in [0.25, 0.3) is 5.91 Å². The zero-order valence-electron chi connectivity index (χ0n) is 14.6. The van der Waals surface area contributed by atoms with Crippen LogP contribution in [0.4, 0.5) is 4.39 Å². The Labute approximate surface area is 151 Å². The van der Waals surface area contributed by atoms with E-state index in [-0.39, 0.29) is 29.8 Å². The maximum Gasteiger partial charge on any atom is 0.254 e. The summed E-state index contributed by atoms with van der Waals surface area (Å²) in [5.41, 5.74) is 0.367. The van der Waals surface area contributed by atoms with Crippen molar-refractivity contribution in [2.45, 2.75) is 43.9 Å². The number of aromatic nitrogens is 1. The van der Waals surface area contributed by atoms with E-state index in [4.69, 9.17) is 9.47 Å². The second-order valence-electron chi connectivity index (χ2n) is 6.85. The number of rotatable bonds is 4. The van der Waals surface area contributed by atoms with E-state index in [1.165, 1.54) is 19.2 Å². The Balaban J connectivity index is 1.48. The Morgan fingerprint density at radius 3 is 2.62 bits per heavy atom. The van der Waals surface area contributed by atoms with Gasteiger partial charge in [0.2, 0.25) is 0 Å². The van der Waals surface area contributed by atoms with Gasteiger partial charge in [0, 0.05) is 36.7 Å². The van der Waals surface area contributed by atoms with Gasteiger partial charge in [-0.3, -0.25) is 9.78 Å². The minimum absolute atomic E-state index is 0.0772. The first-order chi connectivity index (χ1) is 12.7. The highest BCUT2D eigenvalue weighted by Gasteiger charge is 2.44. The number of pyridine rings is 1. The normalized spacial score (nSPS) is 24.4. The molecule has 5 nitrogen and oxygen atoms in total. The van der Waals surface area contributed by atoms with Gasteiger partial charge in [0.1, 0.15) is 11.9 Å². The molecule has 2 unspecified atom stereocenters.